The first kappa shape index (κ1) is 17.0. The normalized spacial score (nSPS) is 10.7. The number of para-hydroxylation sites is 1. The van der Waals surface area contributed by atoms with E-state index in [1.165, 1.54) is 17.5 Å². The second-order valence-corrected chi connectivity index (χ2v) is 6.66. The summed E-state index contributed by atoms with van der Waals surface area (Å²) in [6.45, 7) is 0.327. The van der Waals surface area contributed by atoms with Crippen LogP contribution in [0.5, 0.6) is 5.88 Å². The van der Waals surface area contributed by atoms with Gasteiger partial charge >= 0.3 is 0 Å². The molecule has 1 N–H and O–H groups in total. The van der Waals surface area contributed by atoms with Crippen LogP contribution in [0.2, 0.25) is 0 Å². The highest BCUT2D eigenvalue weighted by molar-refractivity contribution is 7.21. The molecule has 4 aromatic rings. The second-order valence-electron chi connectivity index (χ2n) is 5.63. The maximum Gasteiger partial charge on any atom is 0.272 e. The van der Waals surface area contributed by atoms with E-state index in [0.29, 0.717) is 23.1 Å². The molecule has 1 amide bonds. The van der Waals surface area contributed by atoms with Crippen LogP contribution in [0.15, 0.2) is 55.0 Å². The predicted octanol–water partition coefficient (Wildman–Crippen LogP) is 3.09. The van der Waals surface area contributed by atoms with Crippen LogP contribution < -0.4 is 10.1 Å². The van der Waals surface area contributed by atoms with Gasteiger partial charge in [0.05, 0.1) is 17.3 Å². The van der Waals surface area contributed by atoms with Crippen LogP contribution >= 0.6 is 11.3 Å². The van der Waals surface area contributed by atoms with Gasteiger partial charge in [0.15, 0.2) is 5.69 Å². The molecule has 27 heavy (non-hydrogen) atoms. The minimum atomic E-state index is -0.312. The Bertz CT molecular complexity index is 1080. The van der Waals surface area contributed by atoms with Gasteiger partial charge in [-0.15, -0.1) is 11.3 Å². The van der Waals surface area contributed by atoms with Crippen LogP contribution in [0.4, 0.5) is 0 Å². The molecule has 4 rings (SSSR count). The van der Waals surface area contributed by atoms with Crippen molar-refractivity contribution in [2.45, 2.75) is 6.54 Å². The lowest BCUT2D eigenvalue weighted by molar-refractivity contribution is 0.0946. The number of ether oxygens (including phenoxy) is 1. The number of rotatable bonds is 5. The SMILES string of the molecule is COc1cc(CNC(=O)c2nccnc2-c2nc3ccccc3s2)ccn1. The van der Waals surface area contributed by atoms with Crippen LogP contribution in [-0.4, -0.2) is 33.0 Å². The number of methoxy groups -OCH3 is 1. The lowest BCUT2D eigenvalue weighted by Crippen LogP contribution is -2.24. The molecule has 0 saturated carbocycles. The summed E-state index contributed by atoms with van der Waals surface area (Å²) in [6.07, 6.45) is 4.70. The maximum absolute atomic E-state index is 12.7. The van der Waals surface area contributed by atoms with Crippen molar-refractivity contribution >= 4 is 27.5 Å². The quantitative estimate of drug-likeness (QED) is 0.575. The van der Waals surface area contributed by atoms with E-state index in [4.69, 9.17) is 4.74 Å². The van der Waals surface area contributed by atoms with Crippen molar-refractivity contribution in [1.82, 2.24) is 25.3 Å². The number of carbonyl (C=O) groups is 1. The Hall–Kier alpha value is -3.39. The molecule has 0 aliphatic heterocycles. The fraction of sp³-hybridized carbons (Fsp3) is 0.105. The van der Waals surface area contributed by atoms with Crippen molar-refractivity contribution in [2.75, 3.05) is 7.11 Å². The fourth-order valence-electron chi connectivity index (χ4n) is 2.57. The summed E-state index contributed by atoms with van der Waals surface area (Å²) >= 11 is 1.48. The molecule has 0 atom stereocenters. The van der Waals surface area contributed by atoms with Crippen LogP contribution in [0.3, 0.4) is 0 Å². The number of amides is 1. The summed E-state index contributed by atoms with van der Waals surface area (Å²) in [5.41, 5.74) is 2.47. The number of benzene rings is 1. The molecule has 0 saturated heterocycles. The van der Waals surface area contributed by atoms with Gasteiger partial charge in [0.2, 0.25) is 5.88 Å². The zero-order valence-corrected chi connectivity index (χ0v) is 15.2. The van der Waals surface area contributed by atoms with Crippen LogP contribution in [0, 0.1) is 0 Å². The van der Waals surface area contributed by atoms with E-state index >= 15 is 0 Å². The van der Waals surface area contributed by atoms with E-state index in [-0.39, 0.29) is 11.6 Å². The van der Waals surface area contributed by atoms with Gasteiger partial charge in [-0.25, -0.2) is 19.9 Å². The molecule has 134 valence electrons. The van der Waals surface area contributed by atoms with Gasteiger partial charge in [-0.05, 0) is 23.8 Å². The van der Waals surface area contributed by atoms with Crippen molar-refractivity contribution in [3.63, 3.8) is 0 Å². The van der Waals surface area contributed by atoms with E-state index in [1.54, 1.807) is 25.6 Å². The first-order valence-corrected chi connectivity index (χ1v) is 9.00. The van der Waals surface area contributed by atoms with E-state index in [1.807, 2.05) is 30.3 Å². The van der Waals surface area contributed by atoms with E-state index < -0.39 is 0 Å². The second kappa shape index (κ2) is 7.46. The minimum absolute atomic E-state index is 0.248. The highest BCUT2D eigenvalue weighted by Crippen LogP contribution is 2.30. The Balaban J connectivity index is 1.59. The number of hydrogen-bond donors (Lipinski definition) is 1. The Kier molecular flexibility index (Phi) is 4.71. The smallest absolute Gasteiger partial charge is 0.272 e. The van der Waals surface area contributed by atoms with Gasteiger partial charge in [0, 0.05) is 31.2 Å². The highest BCUT2D eigenvalue weighted by atomic mass is 32.1. The van der Waals surface area contributed by atoms with Crippen molar-refractivity contribution in [1.29, 1.82) is 0 Å². The molecular formula is C19H15N5O2S. The Labute approximate surface area is 159 Å². The average Bonchev–Trinajstić information content (AvgIpc) is 3.16. The Morgan fingerprint density at radius 3 is 2.81 bits per heavy atom. The standard InChI is InChI=1S/C19H15N5O2S/c1-26-15-10-12(6-7-20-15)11-23-18(25)16-17(22-9-8-21-16)19-24-13-4-2-3-5-14(13)27-19/h2-10H,11H2,1H3,(H,23,25). The van der Waals surface area contributed by atoms with Gasteiger partial charge < -0.3 is 10.1 Å². The number of aromatic nitrogens is 4. The van der Waals surface area contributed by atoms with E-state index in [0.717, 1.165) is 15.8 Å². The molecule has 0 radical (unpaired) electrons. The molecular weight excluding hydrogens is 362 g/mol. The number of nitrogens with one attached hydrogen (secondary N) is 1. The van der Waals surface area contributed by atoms with Gasteiger partial charge in [0.25, 0.3) is 5.91 Å². The molecule has 0 aliphatic carbocycles. The number of carbonyl (C=O) groups excluding carboxylic acids is 1. The number of fused-ring (bicyclic) bond motifs is 1. The molecule has 3 aromatic heterocycles. The third-order valence-corrected chi connectivity index (χ3v) is 4.91. The van der Waals surface area contributed by atoms with E-state index in [2.05, 4.69) is 25.3 Å². The van der Waals surface area contributed by atoms with Crippen molar-refractivity contribution < 1.29 is 9.53 Å². The van der Waals surface area contributed by atoms with E-state index in [9.17, 15) is 4.79 Å². The summed E-state index contributed by atoms with van der Waals surface area (Å²) in [5, 5.41) is 3.53. The molecule has 0 bridgehead atoms. The van der Waals surface area contributed by atoms with Gasteiger partial charge in [-0.1, -0.05) is 12.1 Å². The largest absolute Gasteiger partial charge is 0.481 e. The summed E-state index contributed by atoms with van der Waals surface area (Å²) in [4.78, 5) is 29.9. The first-order chi connectivity index (χ1) is 13.2. The Morgan fingerprint density at radius 2 is 1.96 bits per heavy atom. The number of thiazole rings is 1. The summed E-state index contributed by atoms with van der Waals surface area (Å²) in [5.74, 6) is 0.185. The molecule has 0 spiro atoms. The molecule has 0 aliphatic rings. The molecule has 1 aromatic carbocycles. The molecule has 0 unspecified atom stereocenters. The van der Waals surface area contributed by atoms with Gasteiger partial charge in [0.1, 0.15) is 10.7 Å². The zero-order valence-electron chi connectivity index (χ0n) is 14.4. The summed E-state index contributed by atoms with van der Waals surface area (Å²) in [7, 11) is 1.55. The number of pyridine rings is 1. The molecule has 0 fully saturated rings. The number of hydrogen-bond acceptors (Lipinski definition) is 7. The first-order valence-electron chi connectivity index (χ1n) is 8.18. The van der Waals surface area contributed by atoms with Crippen molar-refractivity contribution in [2.24, 2.45) is 0 Å². The van der Waals surface area contributed by atoms with Crippen molar-refractivity contribution in [3.8, 4) is 16.6 Å². The van der Waals surface area contributed by atoms with Crippen LogP contribution in [-0.2, 0) is 6.54 Å². The minimum Gasteiger partial charge on any atom is -0.481 e. The van der Waals surface area contributed by atoms with Crippen LogP contribution in [0.1, 0.15) is 16.1 Å². The molecule has 7 nitrogen and oxygen atoms in total. The lowest BCUT2D eigenvalue weighted by atomic mass is 10.2. The monoisotopic (exact) mass is 377 g/mol. The van der Waals surface area contributed by atoms with Gasteiger partial charge in [-0.2, -0.15) is 0 Å². The molecule has 8 heteroatoms. The van der Waals surface area contributed by atoms with Crippen molar-refractivity contribution in [3.05, 3.63) is 66.2 Å². The molecule has 3 heterocycles. The zero-order chi connectivity index (χ0) is 18.6. The summed E-state index contributed by atoms with van der Waals surface area (Å²) in [6, 6.07) is 11.4. The fourth-order valence-corrected chi connectivity index (χ4v) is 3.54. The maximum atomic E-state index is 12.7. The highest BCUT2D eigenvalue weighted by Gasteiger charge is 2.18. The van der Waals surface area contributed by atoms with Gasteiger partial charge in [-0.3, -0.25) is 4.79 Å². The summed E-state index contributed by atoms with van der Waals surface area (Å²) < 4.78 is 6.13. The third kappa shape index (κ3) is 3.61. The predicted molar refractivity (Wildman–Crippen MR) is 103 cm³/mol. The third-order valence-electron chi connectivity index (χ3n) is 3.87. The average molecular weight is 377 g/mol. The lowest BCUT2D eigenvalue weighted by Gasteiger charge is -2.08. The number of nitrogens with zero attached hydrogens (tertiary/aromatic N) is 4. The van der Waals surface area contributed by atoms with Crippen LogP contribution in [0.25, 0.3) is 20.9 Å². The Morgan fingerprint density at radius 1 is 1.11 bits per heavy atom. The topological polar surface area (TPSA) is 89.9 Å².